The molecule has 0 fully saturated rings. The van der Waals surface area contributed by atoms with Gasteiger partial charge in [-0.25, -0.2) is 0 Å². The number of hydrogen-bond donors (Lipinski definition) is 0. The lowest BCUT2D eigenvalue weighted by Crippen LogP contribution is -2.15. The van der Waals surface area contributed by atoms with Crippen LogP contribution in [0.2, 0.25) is 19.6 Å². The zero-order valence-corrected chi connectivity index (χ0v) is 13.9. The molecule has 0 aromatic carbocycles. The minimum atomic E-state index is -0.970. The third-order valence-corrected chi connectivity index (χ3v) is 4.38. The maximum absolute atomic E-state index is 2.50. The molecule has 0 spiro atoms. The predicted octanol–water partition coefficient (Wildman–Crippen LogP) is 6.20. The molecule has 0 N–H and O–H groups in total. The van der Waals surface area contributed by atoms with Gasteiger partial charge in [-0.05, 0) is 12.3 Å². The maximum atomic E-state index is 2.50. The van der Waals surface area contributed by atoms with Crippen molar-refractivity contribution in [2.75, 3.05) is 0 Å². The fraction of sp³-hybridized carbons (Fsp3) is 0.875. The molecule has 17 heavy (non-hydrogen) atoms. The molecular formula is C16H34Si. The van der Waals surface area contributed by atoms with Crippen molar-refractivity contribution in [3.8, 4) is 0 Å². The fourth-order valence-corrected chi connectivity index (χ4v) is 2.88. The summed E-state index contributed by atoms with van der Waals surface area (Å²) in [4.78, 5) is 0. The smallest absolute Gasteiger partial charge is 0.0682 e. The molecule has 0 aromatic rings. The first-order valence-electron chi connectivity index (χ1n) is 7.65. The van der Waals surface area contributed by atoms with Crippen LogP contribution in [0.1, 0.15) is 65.2 Å². The molecule has 0 saturated carbocycles. The first-order valence-corrected chi connectivity index (χ1v) is 11.2. The van der Waals surface area contributed by atoms with Gasteiger partial charge in [0, 0.05) is 0 Å². The van der Waals surface area contributed by atoms with Gasteiger partial charge in [-0.1, -0.05) is 90.2 Å². The van der Waals surface area contributed by atoms with E-state index in [0.29, 0.717) is 0 Å². The Bertz CT molecular complexity index is 188. The molecule has 0 bridgehead atoms. The minimum Gasteiger partial charge on any atom is -0.0987 e. The molecule has 0 nitrogen and oxygen atoms in total. The summed E-state index contributed by atoms with van der Waals surface area (Å²) in [7, 11) is -0.970. The van der Waals surface area contributed by atoms with Gasteiger partial charge in [-0.2, -0.15) is 0 Å². The van der Waals surface area contributed by atoms with E-state index in [4.69, 9.17) is 0 Å². The highest BCUT2D eigenvalue weighted by Crippen LogP contribution is 2.14. The lowest BCUT2D eigenvalue weighted by Gasteiger charge is -2.11. The average Bonchev–Trinajstić information content (AvgIpc) is 2.24. The Hall–Kier alpha value is -0.0431. The van der Waals surface area contributed by atoms with Crippen LogP contribution in [-0.2, 0) is 0 Å². The van der Waals surface area contributed by atoms with Gasteiger partial charge in [0.25, 0.3) is 0 Å². The molecule has 0 amide bonds. The normalized spacial score (nSPS) is 14.4. The van der Waals surface area contributed by atoms with Crippen molar-refractivity contribution in [2.24, 2.45) is 5.92 Å². The summed E-state index contributed by atoms with van der Waals surface area (Å²) in [5, 5.41) is 0. The Morgan fingerprint density at radius 3 is 1.94 bits per heavy atom. The van der Waals surface area contributed by atoms with Crippen molar-refractivity contribution in [1.29, 1.82) is 0 Å². The molecule has 0 aliphatic carbocycles. The molecule has 1 atom stereocenters. The number of allylic oxidation sites excluding steroid dienone is 1. The Kier molecular flexibility index (Phi) is 9.91. The molecule has 1 unspecified atom stereocenters. The summed E-state index contributed by atoms with van der Waals surface area (Å²) >= 11 is 0. The molecule has 0 saturated heterocycles. The van der Waals surface area contributed by atoms with E-state index < -0.39 is 8.07 Å². The van der Waals surface area contributed by atoms with Gasteiger partial charge < -0.3 is 0 Å². The van der Waals surface area contributed by atoms with Gasteiger partial charge >= 0.3 is 0 Å². The zero-order valence-electron chi connectivity index (χ0n) is 12.9. The van der Waals surface area contributed by atoms with Crippen LogP contribution in [-0.4, -0.2) is 8.07 Å². The molecular weight excluding hydrogens is 220 g/mol. The van der Waals surface area contributed by atoms with E-state index in [2.05, 4.69) is 45.3 Å². The number of unbranched alkanes of at least 4 members (excludes halogenated alkanes) is 6. The van der Waals surface area contributed by atoms with Crippen LogP contribution in [0.5, 0.6) is 0 Å². The number of rotatable bonds is 10. The van der Waals surface area contributed by atoms with Crippen LogP contribution < -0.4 is 0 Å². The van der Waals surface area contributed by atoms with Crippen LogP contribution in [0, 0.1) is 5.92 Å². The monoisotopic (exact) mass is 254 g/mol. The van der Waals surface area contributed by atoms with Gasteiger partial charge in [-0.15, -0.1) is 0 Å². The van der Waals surface area contributed by atoms with Crippen molar-refractivity contribution < 1.29 is 0 Å². The van der Waals surface area contributed by atoms with Crippen molar-refractivity contribution in [2.45, 2.75) is 84.9 Å². The molecule has 0 aromatic heterocycles. The highest BCUT2D eigenvalue weighted by molar-refractivity contribution is 6.80. The van der Waals surface area contributed by atoms with E-state index in [0.717, 1.165) is 5.92 Å². The van der Waals surface area contributed by atoms with Gasteiger partial charge in [0.15, 0.2) is 0 Å². The zero-order chi connectivity index (χ0) is 13.1. The molecule has 0 aliphatic rings. The molecule has 0 radical (unpaired) electrons. The second-order valence-corrected chi connectivity index (χ2v) is 11.7. The van der Waals surface area contributed by atoms with Gasteiger partial charge in [0.1, 0.15) is 0 Å². The fourth-order valence-electron chi connectivity index (χ4n) is 1.97. The van der Waals surface area contributed by atoms with Crippen molar-refractivity contribution >= 4 is 8.07 Å². The van der Waals surface area contributed by atoms with E-state index in [1.165, 1.54) is 51.4 Å². The standard InChI is InChI=1S/C16H34Si/c1-6-7-8-9-10-11-12-13-16(2)14-15-17(3,4)5/h14-16H,6-13H2,1-5H3/b15-14-. The van der Waals surface area contributed by atoms with Gasteiger partial charge in [0.2, 0.25) is 0 Å². The Balaban J connectivity index is 3.39. The van der Waals surface area contributed by atoms with E-state index in [1.54, 1.807) is 0 Å². The van der Waals surface area contributed by atoms with Crippen LogP contribution in [0.4, 0.5) is 0 Å². The van der Waals surface area contributed by atoms with E-state index in [1.807, 2.05) is 0 Å². The van der Waals surface area contributed by atoms with Crippen LogP contribution in [0.15, 0.2) is 11.8 Å². The third kappa shape index (κ3) is 13.9. The Morgan fingerprint density at radius 2 is 1.41 bits per heavy atom. The van der Waals surface area contributed by atoms with Gasteiger partial charge in [-0.3, -0.25) is 0 Å². The predicted molar refractivity (Wildman–Crippen MR) is 84.3 cm³/mol. The summed E-state index contributed by atoms with van der Waals surface area (Å²) in [5.74, 6) is 0.789. The summed E-state index contributed by atoms with van der Waals surface area (Å²) < 4.78 is 0. The quantitative estimate of drug-likeness (QED) is 0.322. The number of hydrogen-bond acceptors (Lipinski definition) is 0. The molecule has 0 rings (SSSR count). The minimum absolute atomic E-state index is 0.789. The van der Waals surface area contributed by atoms with E-state index in [-0.39, 0.29) is 0 Å². The lowest BCUT2D eigenvalue weighted by atomic mass is 10.0. The molecule has 0 heterocycles. The second kappa shape index (κ2) is 9.93. The molecule has 102 valence electrons. The summed E-state index contributed by atoms with van der Waals surface area (Å²) in [6, 6.07) is 0. The van der Waals surface area contributed by atoms with Gasteiger partial charge in [0.05, 0.1) is 8.07 Å². The van der Waals surface area contributed by atoms with Crippen LogP contribution >= 0.6 is 0 Å². The molecule has 0 aliphatic heterocycles. The first-order chi connectivity index (χ1) is 7.95. The van der Waals surface area contributed by atoms with Crippen LogP contribution in [0.25, 0.3) is 0 Å². The summed E-state index contributed by atoms with van der Waals surface area (Å²) in [6.07, 6.45) is 13.8. The van der Waals surface area contributed by atoms with Crippen molar-refractivity contribution in [3.05, 3.63) is 11.8 Å². The largest absolute Gasteiger partial charge is 0.0987 e. The van der Waals surface area contributed by atoms with E-state index in [9.17, 15) is 0 Å². The molecule has 1 heteroatoms. The summed E-state index contributed by atoms with van der Waals surface area (Å²) in [5.41, 5.74) is 2.50. The van der Waals surface area contributed by atoms with Crippen LogP contribution in [0.3, 0.4) is 0 Å². The van der Waals surface area contributed by atoms with Crippen molar-refractivity contribution in [3.63, 3.8) is 0 Å². The lowest BCUT2D eigenvalue weighted by molar-refractivity contribution is 0.537. The Labute approximate surface area is 111 Å². The van der Waals surface area contributed by atoms with E-state index >= 15 is 0 Å². The summed E-state index contributed by atoms with van der Waals surface area (Å²) in [6.45, 7) is 11.9. The maximum Gasteiger partial charge on any atom is 0.0682 e. The highest BCUT2D eigenvalue weighted by atomic mass is 28.3. The highest BCUT2D eigenvalue weighted by Gasteiger charge is 2.07. The SMILES string of the molecule is CCCCCCCCCC(C)/C=C\[Si](C)(C)C. The average molecular weight is 255 g/mol. The first kappa shape index (κ1) is 17.0. The topological polar surface area (TPSA) is 0 Å². The Morgan fingerprint density at radius 1 is 0.882 bits per heavy atom. The second-order valence-electron chi connectivity index (χ2n) is 6.61. The van der Waals surface area contributed by atoms with Crippen molar-refractivity contribution in [1.82, 2.24) is 0 Å². The third-order valence-electron chi connectivity index (χ3n) is 3.19.